The van der Waals surface area contributed by atoms with Crippen molar-refractivity contribution in [2.45, 2.75) is 37.4 Å². The van der Waals surface area contributed by atoms with E-state index in [0.717, 1.165) is 18.2 Å². The second-order valence-electron chi connectivity index (χ2n) is 7.63. The zero-order valence-electron chi connectivity index (χ0n) is 14.1. The Morgan fingerprint density at radius 1 is 1.33 bits per heavy atom. The van der Waals surface area contributed by atoms with Crippen LogP contribution < -0.4 is 4.74 Å². The molecule has 1 aromatic rings. The molecule has 1 aliphatic carbocycles. The van der Waals surface area contributed by atoms with E-state index in [1.165, 1.54) is 19.3 Å². The summed E-state index contributed by atoms with van der Waals surface area (Å²) in [4.78, 5) is 10.7. The van der Waals surface area contributed by atoms with Gasteiger partial charge in [0.05, 0.1) is 12.4 Å². The fourth-order valence-electron chi connectivity index (χ4n) is 4.26. The summed E-state index contributed by atoms with van der Waals surface area (Å²) in [5.74, 6) is 1.11. The summed E-state index contributed by atoms with van der Waals surface area (Å²) in [6, 6.07) is 2.17. The van der Waals surface area contributed by atoms with Crippen LogP contribution in [0.1, 0.15) is 31.4 Å². The predicted octanol–water partition coefficient (Wildman–Crippen LogP) is 1.45. The Morgan fingerprint density at radius 3 is 2.79 bits per heavy atom. The average molecular weight is 351 g/mol. The van der Waals surface area contributed by atoms with Gasteiger partial charge in [0.25, 0.3) is 0 Å². The molecule has 0 bridgehead atoms. The van der Waals surface area contributed by atoms with E-state index in [1.807, 2.05) is 13.0 Å². The van der Waals surface area contributed by atoms with E-state index in [0.29, 0.717) is 32.1 Å². The summed E-state index contributed by atoms with van der Waals surface area (Å²) in [6.07, 6.45) is 6.28. The van der Waals surface area contributed by atoms with Crippen molar-refractivity contribution >= 4 is 9.84 Å². The third kappa shape index (κ3) is 2.71. The Balaban J connectivity index is 1.41. The Bertz CT molecular complexity index is 712. The van der Waals surface area contributed by atoms with E-state index in [1.54, 1.807) is 6.20 Å². The third-order valence-electron chi connectivity index (χ3n) is 6.01. The molecular weight excluding hydrogens is 326 g/mol. The molecule has 1 saturated carbocycles. The van der Waals surface area contributed by atoms with Crippen LogP contribution in [0, 0.1) is 18.8 Å². The van der Waals surface area contributed by atoms with E-state index in [9.17, 15) is 8.42 Å². The fraction of sp³-hybridized carbons (Fsp3) is 0.765. The van der Waals surface area contributed by atoms with Crippen molar-refractivity contribution in [1.29, 1.82) is 0 Å². The van der Waals surface area contributed by atoms with Crippen LogP contribution in [-0.2, 0) is 9.84 Å². The van der Waals surface area contributed by atoms with Crippen molar-refractivity contribution < 1.29 is 13.2 Å². The molecule has 1 unspecified atom stereocenters. The van der Waals surface area contributed by atoms with E-state index in [2.05, 4.69) is 14.9 Å². The molecule has 4 rings (SSSR count). The third-order valence-corrected chi connectivity index (χ3v) is 8.61. The molecule has 1 spiro atoms. The standard InChI is InChI=1S/C17H25N3O3S/c1-13-5-7-18-16(19-13)23-10-15-6-8-24(21,22)17(15)11-20(12-17)9-14-3-2-4-14/h5,7,14-15H,2-4,6,8-12H2,1H3. The number of hydrogen-bond donors (Lipinski definition) is 0. The lowest BCUT2D eigenvalue weighted by atomic mass is 9.80. The summed E-state index contributed by atoms with van der Waals surface area (Å²) in [7, 11) is -3.03. The van der Waals surface area contributed by atoms with Gasteiger partial charge in [0, 0.05) is 37.4 Å². The molecule has 0 radical (unpaired) electrons. The number of ether oxygens (including phenoxy) is 1. The highest BCUT2D eigenvalue weighted by atomic mass is 32.2. The van der Waals surface area contributed by atoms with E-state index >= 15 is 0 Å². The predicted molar refractivity (Wildman–Crippen MR) is 90.7 cm³/mol. The number of aryl methyl sites for hydroxylation is 1. The highest BCUT2D eigenvalue weighted by molar-refractivity contribution is 7.93. The first kappa shape index (κ1) is 16.3. The summed E-state index contributed by atoms with van der Waals surface area (Å²) < 4.78 is 30.4. The number of hydrogen-bond acceptors (Lipinski definition) is 6. The maximum Gasteiger partial charge on any atom is 0.316 e. The molecule has 0 N–H and O–H groups in total. The lowest BCUT2D eigenvalue weighted by Crippen LogP contribution is -2.68. The van der Waals surface area contributed by atoms with Crippen molar-refractivity contribution in [1.82, 2.24) is 14.9 Å². The molecule has 3 fully saturated rings. The van der Waals surface area contributed by atoms with Gasteiger partial charge in [0.15, 0.2) is 9.84 Å². The van der Waals surface area contributed by atoms with Gasteiger partial charge >= 0.3 is 6.01 Å². The average Bonchev–Trinajstić information content (AvgIpc) is 2.71. The summed E-state index contributed by atoms with van der Waals surface area (Å²) >= 11 is 0. The van der Waals surface area contributed by atoms with Crippen LogP contribution in [0.5, 0.6) is 6.01 Å². The van der Waals surface area contributed by atoms with Gasteiger partial charge in [-0.2, -0.15) is 0 Å². The molecule has 24 heavy (non-hydrogen) atoms. The quantitative estimate of drug-likeness (QED) is 0.800. The van der Waals surface area contributed by atoms with Crippen LogP contribution in [0.25, 0.3) is 0 Å². The van der Waals surface area contributed by atoms with Crippen LogP contribution in [0.15, 0.2) is 12.3 Å². The van der Waals surface area contributed by atoms with Crippen LogP contribution in [0.2, 0.25) is 0 Å². The Morgan fingerprint density at radius 2 is 2.12 bits per heavy atom. The summed E-state index contributed by atoms with van der Waals surface area (Å²) in [5, 5.41) is 0. The highest BCUT2D eigenvalue weighted by Crippen LogP contribution is 2.45. The molecule has 132 valence electrons. The van der Waals surface area contributed by atoms with E-state index in [-0.39, 0.29) is 11.7 Å². The van der Waals surface area contributed by atoms with Gasteiger partial charge in [-0.15, -0.1) is 0 Å². The molecule has 6 nitrogen and oxygen atoms in total. The normalized spacial score (nSPS) is 28.5. The first-order chi connectivity index (χ1) is 11.5. The maximum absolute atomic E-state index is 12.6. The Kier molecular flexibility index (Phi) is 4.03. The van der Waals surface area contributed by atoms with Gasteiger partial charge in [0.1, 0.15) is 4.75 Å². The number of sulfone groups is 1. The molecule has 3 aliphatic rings. The molecule has 1 aromatic heterocycles. The minimum Gasteiger partial charge on any atom is -0.463 e. The van der Waals surface area contributed by atoms with Gasteiger partial charge in [-0.3, -0.25) is 4.90 Å². The molecule has 0 amide bonds. The van der Waals surface area contributed by atoms with Crippen molar-refractivity contribution in [3.05, 3.63) is 18.0 Å². The van der Waals surface area contributed by atoms with Crippen LogP contribution in [0.3, 0.4) is 0 Å². The number of aromatic nitrogens is 2. The largest absolute Gasteiger partial charge is 0.463 e. The lowest BCUT2D eigenvalue weighted by Gasteiger charge is -2.51. The van der Waals surface area contributed by atoms with E-state index in [4.69, 9.17) is 4.74 Å². The number of rotatable bonds is 5. The zero-order valence-corrected chi connectivity index (χ0v) is 15.0. The van der Waals surface area contributed by atoms with Crippen LogP contribution in [0.4, 0.5) is 0 Å². The maximum atomic E-state index is 12.6. The van der Waals surface area contributed by atoms with Crippen molar-refractivity contribution in [2.24, 2.45) is 11.8 Å². The van der Waals surface area contributed by atoms with Gasteiger partial charge in [-0.25, -0.2) is 18.4 Å². The van der Waals surface area contributed by atoms with E-state index < -0.39 is 14.6 Å². The fourth-order valence-corrected chi connectivity index (χ4v) is 6.71. The summed E-state index contributed by atoms with van der Waals surface area (Å²) in [5.41, 5.74) is 0.851. The minimum atomic E-state index is -3.03. The lowest BCUT2D eigenvalue weighted by molar-refractivity contribution is 0.0393. The molecule has 0 aromatic carbocycles. The number of nitrogens with zero attached hydrogens (tertiary/aromatic N) is 3. The second-order valence-corrected chi connectivity index (χ2v) is 10.1. The Hall–Kier alpha value is -1.21. The number of likely N-dealkylation sites (tertiary alicyclic amines) is 1. The van der Waals surface area contributed by atoms with Crippen LogP contribution >= 0.6 is 0 Å². The minimum absolute atomic E-state index is 0.0456. The summed E-state index contributed by atoms with van der Waals surface area (Å²) in [6.45, 7) is 4.69. The molecule has 1 atom stereocenters. The second kappa shape index (κ2) is 5.95. The smallest absolute Gasteiger partial charge is 0.316 e. The van der Waals surface area contributed by atoms with Crippen molar-refractivity contribution in [2.75, 3.05) is 32.0 Å². The van der Waals surface area contributed by atoms with Gasteiger partial charge in [-0.1, -0.05) is 6.42 Å². The van der Waals surface area contributed by atoms with Crippen molar-refractivity contribution in [3.63, 3.8) is 0 Å². The molecule has 2 saturated heterocycles. The SMILES string of the molecule is Cc1ccnc(OCC2CCS(=O)(=O)C23CN(CC2CCC2)C3)n1. The monoisotopic (exact) mass is 351 g/mol. The van der Waals surface area contributed by atoms with Crippen molar-refractivity contribution in [3.8, 4) is 6.01 Å². The van der Waals surface area contributed by atoms with Gasteiger partial charge in [0.2, 0.25) is 0 Å². The first-order valence-electron chi connectivity index (χ1n) is 8.86. The van der Waals surface area contributed by atoms with Gasteiger partial charge in [-0.05, 0) is 38.2 Å². The molecular formula is C17H25N3O3S. The molecule has 2 aliphatic heterocycles. The Labute approximate surface area is 143 Å². The highest BCUT2D eigenvalue weighted by Gasteiger charge is 2.61. The van der Waals surface area contributed by atoms with Gasteiger partial charge < -0.3 is 4.74 Å². The zero-order chi connectivity index (χ0) is 16.8. The molecule has 7 heteroatoms. The first-order valence-corrected chi connectivity index (χ1v) is 10.5. The topological polar surface area (TPSA) is 72.4 Å². The van der Waals surface area contributed by atoms with Crippen LogP contribution in [-0.4, -0.2) is 60.0 Å². The molecule has 3 heterocycles.